The number of ether oxygens (including phenoxy) is 1. The molecule has 2 atom stereocenters. The number of benzene rings is 2. The van der Waals surface area contributed by atoms with Gasteiger partial charge in [-0.1, -0.05) is 24.3 Å². The van der Waals surface area contributed by atoms with Crippen molar-refractivity contribution in [1.29, 1.82) is 5.26 Å². The highest BCUT2D eigenvalue weighted by Crippen LogP contribution is 2.28. The van der Waals surface area contributed by atoms with Crippen LogP contribution in [-0.4, -0.2) is 51.3 Å². The molecule has 8 nitrogen and oxygen atoms in total. The van der Waals surface area contributed by atoms with Crippen molar-refractivity contribution in [3.05, 3.63) is 71.2 Å². The minimum Gasteiger partial charge on any atom is -0.480 e. The number of amides is 1. The summed E-state index contributed by atoms with van der Waals surface area (Å²) in [4.78, 5) is 28.9. The molecule has 0 bridgehead atoms. The normalized spacial score (nSPS) is 12.9. The summed E-state index contributed by atoms with van der Waals surface area (Å²) in [6.45, 7) is 2.09. The van der Waals surface area contributed by atoms with E-state index in [0.717, 1.165) is 24.1 Å². The van der Waals surface area contributed by atoms with E-state index in [0.29, 0.717) is 17.9 Å². The lowest BCUT2D eigenvalue weighted by molar-refractivity contribution is -0.189. The summed E-state index contributed by atoms with van der Waals surface area (Å²) in [6.07, 6.45) is -4.32. The predicted molar refractivity (Wildman–Crippen MR) is 133 cm³/mol. The summed E-state index contributed by atoms with van der Waals surface area (Å²) in [5, 5.41) is 21.6. The maximum Gasteiger partial charge on any atom is 0.425 e. The second-order valence-electron chi connectivity index (χ2n) is 8.82. The number of carbonyl (C=O) groups is 2. The Morgan fingerprint density at radius 2 is 1.89 bits per heavy atom. The molecule has 0 fully saturated rings. The number of alkyl halides is 3. The topological polar surface area (TPSA) is 117 Å². The van der Waals surface area contributed by atoms with Gasteiger partial charge in [0, 0.05) is 43.9 Å². The molecule has 1 heterocycles. The number of halogens is 3. The molecule has 0 aliphatic rings. The second kappa shape index (κ2) is 11.9. The van der Waals surface area contributed by atoms with Gasteiger partial charge in [-0.05, 0) is 43.5 Å². The predicted octanol–water partition coefficient (Wildman–Crippen LogP) is 4.21. The number of aromatic nitrogens is 2. The van der Waals surface area contributed by atoms with Crippen molar-refractivity contribution in [2.75, 3.05) is 6.61 Å². The van der Waals surface area contributed by atoms with E-state index in [1.807, 2.05) is 24.3 Å². The van der Waals surface area contributed by atoms with Gasteiger partial charge >= 0.3 is 6.18 Å². The number of Topliss-reactive ketones (excluding diaryl/α,β-unsaturated/α-hetero) is 1. The third-order valence-corrected chi connectivity index (χ3v) is 5.86. The van der Waals surface area contributed by atoms with Gasteiger partial charge in [0.25, 0.3) is 5.91 Å². The zero-order valence-electron chi connectivity index (χ0n) is 21.0. The number of imidazole rings is 1. The molecular formula is C27H27F3N4O4. The molecule has 2 N–H and O–H groups in total. The van der Waals surface area contributed by atoms with Gasteiger partial charge in [-0.3, -0.25) is 9.59 Å². The average molecular weight is 529 g/mol. The highest BCUT2D eigenvalue weighted by Gasteiger charge is 2.38. The number of ketones is 1. The minimum atomic E-state index is -4.60. The number of hydrogen-bond donors (Lipinski definition) is 2. The number of aryl methyl sites for hydroxylation is 1. The van der Waals surface area contributed by atoms with Crippen LogP contribution in [0.5, 0.6) is 5.75 Å². The molecule has 0 aliphatic carbocycles. The van der Waals surface area contributed by atoms with E-state index in [4.69, 9.17) is 4.74 Å². The number of carbonyl (C=O) groups excluding carboxylic acids is 2. The van der Waals surface area contributed by atoms with Crippen LogP contribution in [0.2, 0.25) is 0 Å². The van der Waals surface area contributed by atoms with E-state index in [-0.39, 0.29) is 35.7 Å². The molecule has 1 amide bonds. The first-order valence-corrected chi connectivity index (χ1v) is 11.8. The molecule has 3 aromatic rings. The van der Waals surface area contributed by atoms with Crippen molar-refractivity contribution in [3.63, 3.8) is 0 Å². The zero-order chi connectivity index (χ0) is 28.0. The van der Waals surface area contributed by atoms with E-state index in [9.17, 15) is 33.1 Å². The molecule has 200 valence electrons. The van der Waals surface area contributed by atoms with Crippen LogP contribution >= 0.6 is 0 Å². The van der Waals surface area contributed by atoms with Gasteiger partial charge in [-0.25, -0.2) is 4.98 Å². The number of aliphatic hydroxyl groups is 1. The molecular weight excluding hydrogens is 501 g/mol. The Labute approximate surface area is 217 Å². The number of rotatable bonds is 10. The quantitative estimate of drug-likeness (QED) is 0.381. The maximum atomic E-state index is 12.8. The Morgan fingerprint density at radius 1 is 1.21 bits per heavy atom. The Bertz CT molecular complexity index is 1340. The first-order valence-electron chi connectivity index (χ1n) is 11.8. The number of aliphatic hydroxyl groups excluding tert-OH is 1. The van der Waals surface area contributed by atoms with E-state index < -0.39 is 24.2 Å². The van der Waals surface area contributed by atoms with Gasteiger partial charge in [-0.2, -0.15) is 18.4 Å². The molecule has 0 aliphatic heterocycles. The molecule has 11 heteroatoms. The van der Waals surface area contributed by atoms with Gasteiger partial charge in [0.15, 0.2) is 17.7 Å². The molecule has 0 unspecified atom stereocenters. The number of nitriles is 1. The summed E-state index contributed by atoms with van der Waals surface area (Å²) in [6, 6.07) is 12.3. The van der Waals surface area contributed by atoms with Crippen LogP contribution in [0, 0.1) is 11.3 Å². The van der Waals surface area contributed by atoms with Crippen LogP contribution < -0.4 is 10.1 Å². The van der Waals surface area contributed by atoms with Crippen molar-refractivity contribution in [2.45, 2.75) is 45.0 Å². The number of nitrogens with zero attached hydrogens (tertiary/aromatic N) is 3. The van der Waals surface area contributed by atoms with Crippen molar-refractivity contribution >= 4 is 11.7 Å². The van der Waals surface area contributed by atoms with Crippen LogP contribution in [-0.2, 0) is 13.5 Å². The average Bonchev–Trinajstić information content (AvgIpc) is 3.26. The first-order chi connectivity index (χ1) is 17.9. The largest absolute Gasteiger partial charge is 0.480 e. The van der Waals surface area contributed by atoms with Crippen LogP contribution in [0.15, 0.2) is 48.7 Å². The van der Waals surface area contributed by atoms with Gasteiger partial charge < -0.3 is 19.7 Å². The van der Waals surface area contributed by atoms with Crippen LogP contribution in [0.25, 0.3) is 11.3 Å². The highest BCUT2D eigenvalue weighted by molar-refractivity contribution is 5.95. The summed E-state index contributed by atoms with van der Waals surface area (Å²) in [7, 11) is 1.74. The Balaban J connectivity index is 1.71. The monoisotopic (exact) mass is 528 g/mol. The summed E-state index contributed by atoms with van der Waals surface area (Å²) < 4.78 is 45.0. The van der Waals surface area contributed by atoms with Crippen molar-refractivity contribution in [3.8, 4) is 23.1 Å². The summed E-state index contributed by atoms with van der Waals surface area (Å²) in [5.41, 5.74) is 2.20. The molecule has 0 spiro atoms. The van der Waals surface area contributed by atoms with E-state index >= 15 is 0 Å². The third kappa shape index (κ3) is 6.98. The lowest BCUT2D eigenvalue weighted by Crippen LogP contribution is -2.37. The Kier molecular flexibility index (Phi) is 8.91. The maximum absolute atomic E-state index is 12.8. The number of hydrogen-bond acceptors (Lipinski definition) is 6. The van der Waals surface area contributed by atoms with Crippen molar-refractivity contribution < 1.29 is 32.6 Å². The fraction of sp³-hybridized carbons (Fsp3) is 0.333. The molecule has 0 radical (unpaired) electrons. The van der Waals surface area contributed by atoms with Crippen LogP contribution in [0.3, 0.4) is 0 Å². The minimum absolute atomic E-state index is 0.0725. The Hall–Kier alpha value is -4.17. The molecule has 1 aromatic heterocycles. The van der Waals surface area contributed by atoms with Gasteiger partial charge in [0.1, 0.15) is 11.8 Å². The summed E-state index contributed by atoms with van der Waals surface area (Å²) in [5.74, 6) is -0.608. The Morgan fingerprint density at radius 3 is 2.45 bits per heavy atom. The molecule has 2 aromatic carbocycles. The van der Waals surface area contributed by atoms with Gasteiger partial charge in [0.2, 0.25) is 0 Å². The van der Waals surface area contributed by atoms with Crippen LogP contribution in [0.1, 0.15) is 52.4 Å². The zero-order valence-corrected chi connectivity index (χ0v) is 21.0. The van der Waals surface area contributed by atoms with E-state index in [1.54, 1.807) is 23.9 Å². The molecule has 38 heavy (non-hydrogen) atoms. The van der Waals surface area contributed by atoms with Gasteiger partial charge in [0.05, 0.1) is 11.3 Å². The smallest absolute Gasteiger partial charge is 0.425 e. The number of nitrogens with one attached hydrogen (secondary N) is 1. The first kappa shape index (κ1) is 28.4. The molecule has 3 rings (SSSR count). The molecule has 0 saturated carbocycles. The van der Waals surface area contributed by atoms with Crippen molar-refractivity contribution in [1.82, 2.24) is 14.9 Å². The van der Waals surface area contributed by atoms with Gasteiger partial charge in [-0.15, -0.1) is 0 Å². The SMILES string of the molecule is CC(=O)c1nc(-c2ccc(C[C@@H](CCO)NC(=O)c3ccc(O[C@H](C)C(F)(F)F)c(C#N)c3)cc2)cn1C. The fourth-order valence-corrected chi connectivity index (χ4v) is 3.80. The van der Waals surface area contributed by atoms with Crippen molar-refractivity contribution in [2.24, 2.45) is 7.05 Å². The lowest BCUT2D eigenvalue weighted by atomic mass is 10.0. The fourth-order valence-electron chi connectivity index (χ4n) is 3.80. The third-order valence-electron chi connectivity index (χ3n) is 5.86. The van der Waals surface area contributed by atoms with Crippen LogP contribution in [0.4, 0.5) is 13.2 Å². The standard InChI is InChI=1S/C27H27F3N4O4/c1-16(36)25-33-23(15-34(25)3)19-6-4-18(5-7-19)12-22(10-11-35)32-26(37)20-8-9-24(21(13-20)14-31)38-17(2)27(28,29)30/h4-9,13,15,17,22,35H,10-12H2,1-3H3,(H,32,37)/t17-,22-/m1/s1. The second-order valence-corrected chi connectivity index (χ2v) is 8.82. The molecule has 0 saturated heterocycles. The lowest BCUT2D eigenvalue weighted by Gasteiger charge is -2.20. The summed E-state index contributed by atoms with van der Waals surface area (Å²) >= 11 is 0. The van der Waals surface area contributed by atoms with E-state index in [2.05, 4.69) is 10.3 Å². The van der Waals surface area contributed by atoms with E-state index in [1.165, 1.54) is 19.1 Å². The highest BCUT2D eigenvalue weighted by atomic mass is 19.4.